The summed E-state index contributed by atoms with van der Waals surface area (Å²) in [6.45, 7) is 10.6. The highest BCUT2D eigenvalue weighted by atomic mass is 16.3. The van der Waals surface area contributed by atoms with Crippen LogP contribution < -0.4 is 5.32 Å². The van der Waals surface area contributed by atoms with Crippen molar-refractivity contribution in [2.75, 3.05) is 59.5 Å². The van der Waals surface area contributed by atoms with Gasteiger partial charge in [-0.25, -0.2) is 0 Å². The number of aliphatic hydroxyl groups excluding tert-OH is 1. The molecule has 1 aliphatic heterocycles. The molecule has 2 atom stereocenters. The van der Waals surface area contributed by atoms with E-state index in [0.29, 0.717) is 12.0 Å². The van der Waals surface area contributed by atoms with Crippen LogP contribution in [0.25, 0.3) is 0 Å². The fourth-order valence-corrected chi connectivity index (χ4v) is 4.53. The number of nitrogens with one attached hydrogen (secondary N) is 1. The van der Waals surface area contributed by atoms with Gasteiger partial charge >= 0.3 is 0 Å². The number of hydrogen-bond donors (Lipinski definition) is 2. The average molecular weight is 297 g/mol. The fourth-order valence-electron chi connectivity index (χ4n) is 4.53. The first kappa shape index (κ1) is 17.2. The van der Waals surface area contributed by atoms with E-state index in [-0.39, 0.29) is 0 Å². The molecule has 0 aromatic heterocycles. The predicted molar refractivity (Wildman–Crippen MR) is 88.6 cm³/mol. The molecule has 1 saturated carbocycles. The molecule has 2 rings (SSSR count). The summed E-state index contributed by atoms with van der Waals surface area (Å²) in [4.78, 5) is 5.10. The molecule has 0 aromatic carbocycles. The van der Waals surface area contributed by atoms with E-state index in [1.165, 1.54) is 51.7 Å². The lowest BCUT2D eigenvalue weighted by Crippen LogP contribution is -2.47. The molecular formula is C17H35N3O. The van der Waals surface area contributed by atoms with Crippen LogP contribution in [0.1, 0.15) is 39.0 Å². The Morgan fingerprint density at radius 1 is 1.14 bits per heavy atom. The van der Waals surface area contributed by atoms with Crippen LogP contribution in [0.15, 0.2) is 0 Å². The van der Waals surface area contributed by atoms with Crippen LogP contribution in [0.2, 0.25) is 0 Å². The topological polar surface area (TPSA) is 38.7 Å². The molecule has 2 fully saturated rings. The van der Waals surface area contributed by atoms with E-state index in [2.05, 4.69) is 29.1 Å². The number of rotatable bonds is 6. The predicted octanol–water partition coefficient (Wildman–Crippen LogP) is 1.40. The number of hydrogen-bond acceptors (Lipinski definition) is 4. The van der Waals surface area contributed by atoms with Crippen LogP contribution in [0.5, 0.6) is 0 Å². The van der Waals surface area contributed by atoms with Crippen molar-refractivity contribution in [2.45, 2.75) is 39.0 Å². The molecule has 1 heterocycles. The molecule has 124 valence electrons. The Kier molecular flexibility index (Phi) is 6.93. The second kappa shape index (κ2) is 8.47. The quantitative estimate of drug-likeness (QED) is 0.777. The van der Waals surface area contributed by atoms with Crippen molar-refractivity contribution in [3.63, 3.8) is 0 Å². The van der Waals surface area contributed by atoms with Gasteiger partial charge in [-0.15, -0.1) is 0 Å². The van der Waals surface area contributed by atoms with Gasteiger partial charge in [0, 0.05) is 32.7 Å². The van der Waals surface area contributed by atoms with Crippen molar-refractivity contribution < 1.29 is 5.11 Å². The summed E-state index contributed by atoms with van der Waals surface area (Å²) in [5.74, 6) is 0.880. The van der Waals surface area contributed by atoms with Gasteiger partial charge in [-0.1, -0.05) is 19.8 Å². The van der Waals surface area contributed by atoms with E-state index < -0.39 is 0 Å². The largest absolute Gasteiger partial charge is 0.395 e. The minimum absolute atomic E-state index is 0.293. The average Bonchev–Trinajstić information content (AvgIpc) is 2.65. The first-order valence-corrected chi connectivity index (χ1v) is 8.88. The van der Waals surface area contributed by atoms with Gasteiger partial charge in [0.05, 0.1) is 6.61 Å². The molecule has 2 unspecified atom stereocenters. The zero-order chi connectivity index (χ0) is 15.1. The first-order valence-electron chi connectivity index (χ1n) is 8.88. The van der Waals surface area contributed by atoms with E-state index >= 15 is 0 Å². The standard InChI is InChI=1S/C17H35N3O/c1-16-5-3-6-17(13-16,14-18-2)15-20-8-4-7-19(9-10-20)11-12-21/h16,18,21H,3-15H2,1-2H3. The molecule has 1 aliphatic carbocycles. The molecule has 0 amide bonds. The minimum Gasteiger partial charge on any atom is -0.395 e. The Labute approximate surface area is 130 Å². The van der Waals surface area contributed by atoms with Gasteiger partial charge in [0.1, 0.15) is 0 Å². The minimum atomic E-state index is 0.293. The first-order chi connectivity index (χ1) is 10.2. The molecule has 0 bridgehead atoms. The Morgan fingerprint density at radius 2 is 1.90 bits per heavy atom. The Hall–Kier alpha value is -0.160. The molecule has 4 nitrogen and oxygen atoms in total. The molecule has 1 saturated heterocycles. The van der Waals surface area contributed by atoms with E-state index in [0.717, 1.165) is 32.1 Å². The summed E-state index contributed by atoms with van der Waals surface area (Å²) >= 11 is 0. The maximum atomic E-state index is 9.11. The van der Waals surface area contributed by atoms with Gasteiger partial charge in [0.25, 0.3) is 0 Å². The van der Waals surface area contributed by atoms with Crippen molar-refractivity contribution in [1.29, 1.82) is 0 Å². The lowest BCUT2D eigenvalue weighted by Gasteiger charge is -2.43. The summed E-state index contributed by atoms with van der Waals surface area (Å²) in [7, 11) is 2.10. The van der Waals surface area contributed by atoms with Crippen LogP contribution in [0, 0.1) is 11.3 Å². The van der Waals surface area contributed by atoms with Crippen LogP contribution >= 0.6 is 0 Å². The molecule has 2 N–H and O–H groups in total. The number of β-amino-alcohol motifs (C(OH)–C–C–N with tert-alkyl or cyclic N) is 1. The van der Waals surface area contributed by atoms with Crippen LogP contribution in [-0.4, -0.2) is 74.4 Å². The van der Waals surface area contributed by atoms with E-state index in [1.807, 2.05) is 0 Å². The molecule has 0 aromatic rings. The number of aliphatic hydroxyl groups is 1. The smallest absolute Gasteiger partial charge is 0.0558 e. The van der Waals surface area contributed by atoms with E-state index in [4.69, 9.17) is 5.11 Å². The third-order valence-corrected chi connectivity index (χ3v) is 5.39. The summed E-state index contributed by atoms with van der Waals surface area (Å²) in [5.41, 5.74) is 0.485. The Bertz CT molecular complexity index is 296. The van der Waals surface area contributed by atoms with Crippen molar-refractivity contribution in [3.8, 4) is 0 Å². The Morgan fingerprint density at radius 3 is 2.62 bits per heavy atom. The van der Waals surface area contributed by atoms with Gasteiger partial charge in [-0.3, -0.25) is 4.90 Å². The monoisotopic (exact) mass is 297 g/mol. The Balaban J connectivity index is 1.90. The maximum absolute atomic E-state index is 9.11. The zero-order valence-corrected chi connectivity index (χ0v) is 14.1. The van der Waals surface area contributed by atoms with Gasteiger partial charge in [0.2, 0.25) is 0 Å². The molecule has 0 radical (unpaired) electrons. The molecule has 2 aliphatic rings. The van der Waals surface area contributed by atoms with E-state index in [1.54, 1.807) is 0 Å². The van der Waals surface area contributed by atoms with Crippen molar-refractivity contribution in [3.05, 3.63) is 0 Å². The lowest BCUT2D eigenvalue weighted by atomic mass is 9.69. The van der Waals surface area contributed by atoms with Gasteiger partial charge in [0.15, 0.2) is 0 Å². The molecular weight excluding hydrogens is 262 g/mol. The zero-order valence-electron chi connectivity index (χ0n) is 14.1. The third kappa shape index (κ3) is 5.20. The fraction of sp³-hybridized carbons (Fsp3) is 1.00. The summed E-state index contributed by atoms with van der Waals surface area (Å²) in [6.07, 6.45) is 6.81. The third-order valence-electron chi connectivity index (χ3n) is 5.39. The number of nitrogens with zero attached hydrogens (tertiary/aromatic N) is 2. The van der Waals surface area contributed by atoms with Crippen LogP contribution in [-0.2, 0) is 0 Å². The van der Waals surface area contributed by atoms with Gasteiger partial charge in [-0.05, 0) is 50.7 Å². The van der Waals surface area contributed by atoms with Crippen molar-refractivity contribution in [2.24, 2.45) is 11.3 Å². The SMILES string of the molecule is CNCC1(CN2CCCN(CCO)CC2)CCCC(C)C1. The highest BCUT2D eigenvalue weighted by Crippen LogP contribution is 2.39. The van der Waals surface area contributed by atoms with Gasteiger partial charge < -0.3 is 15.3 Å². The van der Waals surface area contributed by atoms with Crippen molar-refractivity contribution in [1.82, 2.24) is 15.1 Å². The highest BCUT2D eigenvalue weighted by molar-refractivity contribution is 4.90. The molecule has 21 heavy (non-hydrogen) atoms. The summed E-state index contributed by atoms with van der Waals surface area (Å²) in [6, 6.07) is 0. The van der Waals surface area contributed by atoms with Crippen LogP contribution in [0.4, 0.5) is 0 Å². The lowest BCUT2D eigenvalue weighted by molar-refractivity contribution is 0.0828. The maximum Gasteiger partial charge on any atom is 0.0558 e. The molecule has 4 heteroatoms. The van der Waals surface area contributed by atoms with Crippen LogP contribution in [0.3, 0.4) is 0 Å². The highest BCUT2D eigenvalue weighted by Gasteiger charge is 2.36. The molecule has 0 spiro atoms. The summed E-state index contributed by atoms with van der Waals surface area (Å²) < 4.78 is 0. The second-order valence-corrected chi connectivity index (χ2v) is 7.43. The van der Waals surface area contributed by atoms with Gasteiger partial charge in [-0.2, -0.15) is 0 Å². The van der Waals surface area contributed by atoms with E-state index in [9.17, 15) is 0 Å². The summed E-state index contributed by atoms with van der Waals surface area (Å²) in [5, 5.41) is 12.6. The van der Waals surface area contributed by atoms with Crippen molar-refractivity contribution >= 4 is 0 Å². The normalized spacial score (nSPS) is 33.0. The second-order valence-electron chi connectivity index (χ2n) is 7.43.